The quantitative estimate of drug-likeness (QED) is 0.519. The fourth-order valence-electron chi connectivity index (χ4n) is 4.75. The summed E-state index contributed by atoms with van der Waals surface area (Å²) in [4.78, 5) is 25.7. The minimum Gasteiger partial charge on any atom is -0.378 e. The Labute approximate surface area is 180 Å². The van der Waals surface area contributed by atoms with E-state index in [1.54, 1.807) is 0 Å². The highest BCUT2D eigenvalue weighted by molar-refractivity contribution is 5.89. The lowest BCUT2D eigenvalue weighted by Gasteiger charge is -2.29. The van der Waals surface area contributed by atoms with Crippen molar-refractivity contribution in [1.29, 1.82) is 0 Å². The summed E-state index contributed by atoms with van der Waals surface area (Å²) in [7, 11) is 0. The van der Waals surface area contributed by atoms with Crippen LogP contribution in [0.25, 0.3) is 0 Å². The van der Waals surface area contributed by atoms with Crippen molar-refractivity contribution in [1.82, 2.24) is 16.0 Å². The molecule has 29 heavy (non-hydrogen) atoms. The van der Waals surface area contributed by atoms with E-state index in [4.69, 9.17) is 9.47 Å². The summed E-state index contributed by atoms with van der Waals surface area (Å²) in [6.45, 7) is 7.02. The van der Waals surface area contributed by atoms with Gasteiger partial charge in [-0.2, -0.15) is 0 Å². The average Bonchev–Trinajstić information content (AvgIpc) is 3.37. The SMILES string of the molecule is CC(CC1CCCO1)NC(=O)CC1(C(=O)NC(C)CC2CCCO2)CCNC1.Cl. The Morgan fingerprint density at radius 3 is 2.10 bits per heavy atom. The van der Waals surface area contributed by atoms with E-state index in [0.29, 0.717) is 13.0 Å². The standard InChI is InChI=1S/C21H37N3O4.ClH/c1-15(11-17-5-3-9-27-17)23-19(25)13-21(7-8-22-14-21)20(26)24-16(2)12-18-6-4-10-28-18;/h15-18,22H,3-14H2,1-2H3,(H,23,25)(H,24,26);1H. The molecule has 168 valence electrons. The van der Waals surface area contributed by atoms with E-state index in [2.05, 4.69) is 16.0 Å². The van der Waals surface area contributed by atoms with Gasteiger partial charge in [-0.05, 0) is 65.3 Å². The van der Waals surface area contributed by atoms with Crippen molar-refractivity contribution in [3.05, 3.63) is 0 Å². The van der Waals surface area contributed by atoms with Gasteiger partial charge >= 0.3 is 0 Å². The van der Waals surface area contributed by atoms with Crippen molar-refractivity contribution in [2.24, 2.45) is 5.41 Å². The topological polar surface area (TPSA) is 88.7 Å². The molecule has 3 fully saturated rings. The molecule has 0 radical (unpaired) electrons. The molecular weight excluding hydrogens is 394 g/mol. The van der Waals surface area contributed by atoms with Crippen LogP contribution in [0.1, 0.15) is 65.2 Å². The van der Waals surface area contributed by atoms with E-state index in [1.165, 1.54) is 0 Å². The van der Waals surface area contributed by atoms with Gasteiger partial charge in [0.15, 0.2) is 0 Å². The van der Waals surface area contributed by atoms with Crippen LogP contribution in [-0.4, -0.2) is 62.4 Å². The third kappa shape index (κ3) is 7.09. The monoisotopic (exact) mass is 431 g/mol. The Balaban J connectivity index is 0.00000300. The van der Waals surface area contributed by atoms with Gasteiger partial charge in [-0.3, -0.25) is 9.59 Å². The van der Waals surface area contributed by atoms with E-state index < -0.39 is 5.41 Å². The molecule has 0 saturated carbocycles. The number of carbonyl (C=O) groups excluding carboxylic acids is 2. The number of carbonyl (C=O) groups is 2. The molecule has 8 heteroatoms. The van der Waals surface area contributed by atoms with E-state index in [-0.39, 0.29) is 54.9 Å². The summed E-state index contributed by atoms with van der Waals surface area (Å²) in [5, 5.41) is 9.50. The lowest BCUT2D eigenvalue weighted by molar-refractivity contribution is -0.136. The summed E-state index contributed by atoms with van der Waals surface area (Å²) < 4.78 is 11.3. The Morgan fingerprint density at radius 1 is 1.03 bits per heavy atom. The zero-order valence-electron chi connectivity index (χ0n) is 17.8. The smallest absolute Gasteiger partial charge is 0.228 e. The summed E-state index contributed by atoms with van der Waals surface area (Å²) in [5.41, 5.74) is -0.654. The van der Waals surface area contributed by atoms with Crippen LogP contribution in [0.3, 0.4) is 0 Å². The maximum atomic E-state index is 13.1. The van der Waals surface area contributed by atoms with Crippen LogP contribution in [0.4, 0.5) is 0 Å². The van der Waals surface area contributed by atoms with Crippen LogP contribution < -0.4 is 16.0 Å². The lowest BCUT2D eigenvalue weighted by atomic mass is 9.81. The molecule has 0 aromatic carbocycles. The average molecular weight is 432 g/mol. The second-order valence-electron chi connectivity index (χ2n) is 8.97. The molecule has 0 aliphatic carbocycles. The Hall–Kier alpha value is -0.890. The number of nitrogens with one attached hydrogen (secondary N) is 3. The molecule has 3 aliphatic rings. The lowest BCUT2D eigenvalue weighted by Crippen LogP contribution is -2.49. The van der Waals surface area contributed by atoms with Crippen molar-refractivity contribution in [3.63, 3.8) is 0 Å². The molecule has 0 aromatic rings. The molecule has 0 spiro atoms. The Kier molecular flexibility index (Phi) is 9.66. The Morgan fingerprint density at radius 2 is 1.62 bits per heavy atom. The highest BCUT2D eigenvalue weighted by Gasteiger charge is 2.43. The number of halogens is 1. The predicted octanol–water partition coefficient (Wildman–Crippen LogP) is 1.93. The van der Waals surface area contributed by atoms with Crippen LogP contribution in [0.15, 0.2) is 0 Å². The molecular formula is C21H38ClN3O4. The summed E-state index contributed by atoms with van der Waals surface area (Å²) in [6.07, 6.45) is 7.42. The fourth-order valence-corrected chi connectivity index (χ4v) is 4.75. The molecule has 2 amide bonds. The first-order chi connectivity index (χ1) is 13.5. The molecule has 0 aromatic heterocycles. The molecule has 0 bridgehead atoms. The van der Waals surface area contributed by atoms with Gasteiger partial charge < -0.3 is 25.4 Å². The van der Waals surface area contributed by atoms with Crippen molar-refractivity contribution in [3.8, 4) is 0 Å². The van der Waals surface area contributed by atoms with Gasteiger partial charge in [0.05, 0.1) is 17.6 Å². The number of rotatable bonds is 9. The van der Waals surface area contributed by atoms with Crippen LogP contribution in [0.5, 0.6) is 0 Å². The van der Waals surface area contributed by atoms with Crippen LogP contribution in [0, 0.1) is 5.41 Å². The summed E-state index contributed by atoms with van der Waals surface area (Å²) >= 11 is 0. The highest BCUT2D eigenvalue weighted by atomic mass is 35.5. The third-order valence-electron chi connectivity index (χ3n) is 6.29. The zero-order valence-corrected chi connectivity index (χ0v) is 18.7. The first kappa shape index (κ1) is 24.4. The van der Waals surface area contributed by atoms with Gasteiger partial charge in [-0.25, -0.2) is 0 Å². The van der Waals surface area contributed by atoms with Gasteiger partial charge in [-0.1, -0.05) is 0 Å². The Bertz CT molecular complexity index is 530. The van der Waals surface area contributed by atoms with Crippen molar-refractivity contribution in [2.45, 2.75) is 89.5 Å². The predicted molar refractivity (Wildman–Crippen MR) is 114 cm³/mol. The minimum absolute atomic E-state index is 0. The largest absolute Gasteiger partial charge is 0.378 e. The number of hydrogen-bond acceptors (Lipinski definition) is 5. The fraction of sp³-hybridized carbons (Fsp3) is 0.905. The van der Waals surface area contributed by atoms with Gasteiger partial charge in [0, 0.05) is 38.3 Å². The molecule has 5 unspecified atom stereocenters. The maximum Gasteiger partial charge on any atom is 0.228 e. The second-order valence-corrected chi connectivity index (χ2v) is 8.97. The summed E-state index contributed by atoms with van der Waals surface area (Å²) in [6, 6.07) is 0.109. The molecule has 3 heterocycles. The van der Waals surface area contributed by atoms with E-state index in [9.17, 15) is 9.59 Å². The first-order valence-corrected chi connectivity index (χ1v) is 11.0. The van der Waals surface area contributed by atoms with Crippen LogP contribution in [-0.2, 0) is 19.1 Å². The van der Waals surface area contributed by atoms with E-state index in [1.807, 2.05) is 13.8 Å². The van der Waals surface area contributed by atoms with Gasteiger partial charge in [0.1, 0.15) is 0 Å². The van der Waals surface area contributed by atoms with Crippen LogP contribution in [0.2, 0.25) is 0 Å². The van der Waals surface area contributed by atoms with E-state index in [0.717, 1.165) is 58.3 Å². The molecule has 3 saturated heterocycles. The van der Waals surface area contributed by atoms with Crippen molar-refractivity contribution in [2.75, 3.05) is 26.3 Å². The molecule has 5 atom stereocenters. The molecule has 3 rings (SSSR count). The zero-order chi connectivity index (χ0) is 20.0. The molecule has 7 nitrogen and oxygen atoms in total. The van der Waals surface area contributed by atoms with Crippen LogP contribution >= 0.6 is 12.4 Å². The normalized spacial score (nSPS) is 31.1. The number of hydrogen-bond donors (Lipinski definition) is 3. The van der Waals surface area contributed by atoms with Gasteiger partial charge in [0.2, 0.25) is 11.8 Å². The first-order valence-electron chi connectivity index (χ1n) is 11.0. The minimum atomic E-state index is -0.654. The van der Waals surface area contributed by atoms with Crippen molar-refractivity contribution < 1.29 is 19.1 Å². The maximum absolute atomic E-state index is 13.1. The summed E-state index contributed by atoms with van der Waals surface area (Å²) in [5.74, 6) is -0.0546. The van der Waals surface area contributed by atoms with Gasteiger partial charge in [0.25, 0.3) is 0 Å². The number of ether oxygens (including phenoxy) is 2. The van der Waals surface area contributed by atoms with Gasteiger partial charge in [-0.15, -0.1) is 12.4 Å². The van der Waals surface area contributed by atoms with E-state index >= 15 is 0 Å². The third-order valence-corrected chi connectivity index (χ3v) is 6.29. The molecule has 3 N–H and O–H groups in total. The second kappa shape index (κ2) is 11.5. The molecule has 3 aliphatic heterocycles. The van der Waals surface area contributed by atoms with Crippen molar-refractivity contribution >= 4 is 24.2 Å². The number of amides is 2. The highest BCUT2D eigenvalue weighted by Crippen LogP contribution is 2.31.